The Kier molecular flexibility index (Phi) is 5.29. The Morgan fingerprint density at radius 2 is 2.33 bits per heavy atom. The second kappa shape index (κ2) is 6.26. The highest BCUT2D eigenvalue weighted by atomic mass is 35.5. The number of rotatable bonds is 6. The van der Waals surface area contributed by atoms with Gasteiger partial charge in [0, 0.05) is 6.61 Å². The van der Waals surface area contributed by atoms with Gasteiger partial charge in [0.2, 0.25) is 5.78 Å². The zero-order valence-corrected chi connectivity index (χ0v) is 10.5. The molecule has 1 aromatic rings. The summed E-state index contributed by atoms with van der Waals surface area (Å²) < 4.78 is 5.42. The first-order valence-electron chi connectivity index (χ1n) is 5.09. The van der Waals surface area contributed by atoms with Gasteiger partial charge < -0.3 is 4.74 Å². The smallest absolute Gasteiger partial charge is 0.202 e. The molecule has 1 rings (SSSR count). The van der Waals surface area contributed by atoms with Gasteiger partial charge in [-0.3, -0.25) is 4.79 Å². The lowest BCUT2D eigenvalue weighted by Crippen LogP contribution is -2.23. The zero-order valence-electron chi connectivity index (χ0n) is 8.96. The molecule has 0 saturated carbocycles. The molecule has 0 amide bonds. The van der Waals surface area contributed by atoms with Crippen molar-refractivity contribution >= 4 is 28.7 Å². The summed E-state index contributed by atoms with van der Waals surface area (Å²) in [4.78, 5) is 12.6. The van der Waals surface area contributed by atoms with Gasteiger partial charge in [-0.25, -0.2) is 0 Å². The van der Waals surface area contributed by atoms with Crippen molar-refractivity contribution in [3.63, 3.8) is 0 Å². The fourth-order valence-electron chi connectivity index (χ4n) is 1.37. The molecule has 0 fully saturated rings. The minimum atomic E-state index is -0.337. The summed E-state index contributed by atoms with van der Waals surface area (Å²) >= 11 is 7.29. The third-order valence-electron chi connectivity index (χ3n) is 2.05. The highest BCUT2D eigenvalue weighted by Crippen LogP contribution is 2.25. The van der Waals surface area contributed by atoms with Crippen LogP contribution in [0, 0.1) is 0 Å². The maximum atomic E-state index is 12.0. The number of halogens is 1. The molecule has 84 valence electrons. The Labute approximate surface area is 99.2 Å². The number of carbonyl (C=O) groups is 1. The summed E-state index contributed by atoms with van der Waals surface area (Å²) in [7, 11) is 0. The average Bonchev–Trinajstić information content (AvgIpc) is 2.63. The number of hydrogen-bond donors (Lipinski definition) is 0. The summed E-state index contributed by atoms with van der Waals surface area (Å²) in [6.45, 7) is 4.49. The van der Waals surface area contributed by atoms with Gasteiger partial charge in [0.15, 0.2) is 0 Å². The topological polar surface area (TPSA) is 26.3 Å². The summed E-state index contributed by atoms with van der Waals surface area (Å²) in [6.07, 6.45) is 1.34. The summed E-state index contributed by atoms with van der Waals surface area (Å²) in [5.41, 5.74) is 0. The Bertz CT molecular complexity index is 316. The highest BCUT2D eigenvalue weighted by Gasteiger charge is 2.22. The summed E-state index contributed by atoms with van der Waals surface area (Å²) in [5, 5.41) is 2.36. The first kappa shape index (κ1) is 12.7. The van der Waals surface area contributed by atoms with Gasteiger partial charge in [0.1, 0.15) is 6.10 Å². The molecule has 0 aliphatic carbocycles. The number of ketones is 1. The van der Waals surface area contributed by atoms with E-state index >= 15 is 0 Å². The Balaban J connectivity index is 2.76. The molecular formula is C11H15ClO2S. The average molecular weight is 247 g/mol. The molecule has 4 heteroatoms. The predicted octanol–water partition coefficient (Wildman–Crippen LogP) is 3.79. The molecule has 0 aliphatic heterocycles. The van der Waals surface area contributed by atoms with E-state index in [0.717, 1.165) is 12.8 Å². The third-order valence-corrected chi connectivity index (χ3v) is 3.41. The van der Waals surface area contributed by atoms with Gasteiger partial charge in [-0.15, -0.1) is 11.3 Å². The van der Waals surface area contributed by atoms with E-state index in [-0.39, 0.29) is 11.9 Å². The molecule has 0 aliphatic rings. The van der Waals surface area contributed by atoms with Crippen LogP contribution in [-0.4, -0.2) is 18.5 Å². The Hall–Kier alpha value is -0.380. The SMILES string of the molecule is CCCC(OCC)C(=O)c1sccc1Cl. The Morgan fingerprint density at radius 3 is 2.80 bits per heavy atom. The van der Waals surface area contributed by atoms with Crippen LogP contribution >= 0.6 is 22.9 Å². The van der Waals surface area contributed by atoms with Gasteiger partial charge in [-0.2, -0.15) is 0 Å². The number of Topliss-reactive ketones (excluding diaryl/α,β-unsaturated/α-hetero) is 1. The first-order chi connectivity index (χ1) is 7.20. The van der Waals surface area contributed by atoms with E-state index in [2.05, 4.69) is 0 Å². The van der Waals surface area contributed by atoms with E-state index in [1.807, 2.05) is 19.2 Å². The second-order valence-electron chi connectivity index (χ2n) is 3.19. The number of carbonyl (C=O) groups excluding carboxylic acids is 1. The van der Waals surface area contributed by atoms with E-state index in [9.17, 15) is 4.79 Å². The maximum absolute atomic E-state index is 12.0. The van der Waals surface area contributed by atoms with Gasteiger partial charge >= 0.3 is 0 Å². The van der Waals surface area contributed by atoms with Gasteiger partial charge in [0.05, 0.1) is 9.90 Å². The van der Waals surface area contributed by atoms with Gasteiger partial charge in [0.25, 0.3) is 0 Å². The molecule has 0 bridgehead atoms. The molecule has 0 N–H and O–H groups in total. The van der Waals surface area contributed by atoms with Crippen LogP contribution in [0.4, 0.5) is 0 Å². The lowest BCUT2D eigenvalue weighted by molar-refractivity contribution is 0.0427. The molecular weight excluding hydrogens is 232 g/mol. The fraction of sp³-hybridized carbons (Fsp3) is 0.545. The van der Waals surface area contributed by atoms with E-state index in [0.29, 0.717) is 16.5 Å². The van der Waals surface area contributed by atoms with Crippen LogP contribution in [0.1, 0.15) is 36.4 Å². The first-order valence-corrected chi connectivity index (χ1v) is 6.35. The molecule has 1 heterocycles. The standard InChI is InChI=1S/C11H15ClO2S/c1-3-5-9(14-4-2)10(13)11-8(12)6-7-15-11/h6-7,9H,3-5H2,1-2H3. The van der Waals surface area contributed by atoms with Crippen LogP contribution in [0.2, 0.25) is 5.02 Å². The molecule has 2 nitrogen and oxygen atoms in total. The van der Waals surface area contributed by atoms with Crippen molar-refractivity contribution in [3.05, 3.63) is 21.3 Å². The summed E-state index contributed by atoms with van der Waals surface area (Å²) in [5.74, 6) is 0.0127. The van der Waals surface area contributed by atoms with Crippen molar-refractivity contribution < 1.29 is 9.53 Å². The van der Waals surface area contributed by atoms with Crippen LogP contribution in [0.3, 0.4) is 0 Å². The molecule has 1 atom stereocenters. The van der Waals surface area contributed by atoms with E-state index in [4.69, 9.17) is 16.3 Å². The van der Waals surface area contributed by atoms with Crippen molar-refractivity contribution in [2.45, 2.75) is 32.8 Å². The second-order valence-corrected chi connectivity index (χ2v) is 4.52. The van der Waals surface area contributed by atoms with Crippen molar-refractivity contribution in [3.8, 4) is 0 Å². The third kappa shape index (κ3) is 3.30. The van der Waals surface area contributed by atoms with Crippen LogP contribution in [0.5, 0.6) is 0 Å². The molecule has 15 heavy (non-hydrogen) atoms. The minimum Gasteiger partial charge on any atom is -0.370 e. The molecule has 0 aromatic carbocycles. The number of ether oxygens (including phenoxy) is 1. The molecule has 0 radical (unpaired) electrons. The number of hydrogen-bond acceptors (Lipinski definition) is 3. The lowest BCUT2D eigenvalue weighted by Gasteiger charge is -2.13. The highest BCUT2D eigenvalue weighted by molar-refractivity contribution is 7.12. The molecule has 0 saturated heterocycles. The quantitative estimate of drug-likeness (QED) is 0.714. The van der Waals surface area contributed by atoms with E-state index in [1.165, 1.54) is 11.3 Å². The van der Waals surface area contributed by atoms with Crippen LogP contribution in [-0.2, 0) is 4.74 Å². The van der Waals surface area contributed by atoms with Crippen LogP contribution < -0.4 is 0 Å². The maximum Gasteiger partial charge on any atom is 0.202 e. The van der Waals surface area contributed by atoms with Crippen molar-refractivity contribution in [2.24, 2.45) is 0 Å². The minimum absolute atomic E-state index is 0.0127. The van der Waals surface area contributed by atoms with Crippen molar-refractivity contribution in [2.75, 3.05) is 6.61 Å². The fourth-order valence-corrected chi connectivity index (χ4v) is 2.50. The number of thiophene rings is 1. The van der Waals surface area contributed by atoms with Gasteiger partial charge in [-0.05, 0) is 24.8 Å². The van der Waals surface area contributed by atoms with Crippen LogP contribution in [0.15, 0.2) is 11.4 Å². The van der Waals surface area contributed by atoms with Crippen molar-refractivity contribution in [1.82, 2.24) is 0 Å². The monoisotopic (exact) mass is 246 g/mol. The summed E-state index contributed by atoms with van der Waals surface area (Å²) in [6, 6.07) is 1.74. The lowest BCUT2D eigenvalue weighted by atomic mass is 10.1. The molecule has 1 aromatic heterocycles. The Morgan fingerprint density at radius 1 is 1.60 bits per heavy atom. The largest absolute Gasteiger partial charge is 0.370 e. The molecule has 0 spiro atoms. The molecule has 1 unspecified atom stereocenters. The van der Waals surface area contributed by atoms with Gasteiger partial charge in [-0.1, -0.05) is 24.9 Å². The van der Waals surface area contributed by atoms with Crippen molar-refractivity contribution in [1.29, 1.82) is 0 Å². The normalized spacial score (nSPS) is 12.7. The van der Waals surface area contributed by atoms with E-state index < -0.39 is 0 Å². The van der Waals surface area contributed by atoms with Crippen LogP contribution in [0.25, 0.3) is 0 Å². The predicted molar refractivity (Wildman–Crippen MR) is 64.0 cm³/mol. The zero-order chi connectivity index (χ0) is 11.3. The van der Waals surface area contributed by atoms with E-state index in [1.54, 1.807) is 6.07 Å².